The molecule has 1 heterocycles. The fourth-order valence-electron chi connectivity index (χ4n) is 2.94. The van der Waals surface area contributed by atoms with Crippen molar-refractivity contribution in [3.8, 4) is 0 Å². The Hall–Kier alpha value is -2.03. The molecule has 1 aliphatic rings. The Bertz CT molecular complexity index is 949. The Morgan fingerprint density at radius 2 is 1.57 bits per heavy atom. The zero-order valence-electron chi connectivity index (χ0n) is 15.1. The molecule has 1 aliphatic heterocycles. The lowest BCUT2D eigenvalue weighted by atomic mass is 10.1. The number of hydrogen-bond acceptors (Lipinski definition) is 5. The minimum atomic E-state index is -3.51. The second-order valence-electron chi connectivity index (χ2n) is 6.52. The van der Waals surface area contributed by atoms with Gasteiger partial charge in [-0.05, 0) is 54.8 Å². The Morgan fingerprint density at radius 1 is 0.964 bits per heavy atom. The predicted molar refractivity (Wildman–Crippen MR) is 108 cm³/mol. The molecule has 0 spiro atoms. The molecule has 28 heavy (non-hydrogen) atoms. The first kappa shape index (κ1) is 20.7. The molecule has 0 N–H and O–H groups in total. The Balaban J connectivity index is 1.55. The molecule has 3 rings (SSSR count). The van der Waals surface area contributed by atoms with Gasteiger partial charge in [0.2, 0.25) is 10.0 Å². The maximum absolute atomic E-state index is 12.5. The van der Waals surface area contributed by atoms with Gasteiger partial charge in [0, 0.05) is 23.1 Å². The molecule has 148 valence electrons. The molecule has 0 aromatic heterocycles. The number of esters is 1. The summed E-state index contributed by atoms with van der Waals surface area (Å²) in [5.41, 5.74) is 1.09. The van der Waals surface area contributed by atoms with Crippen LogP contribution in [0.1, 0.15) is 28.8 Å². The summed E-state index contributed by atoms with van der Waals surface area (Å²) in [6.07, 6.45) is 1.80. The molecule has 0 radical (unpaired) electrons. The van der Waals surface area contributed by atoms with Gasteiger partial charge in [-0.2, -0.15) is 4.31 Å². The van der Waals surface area contributed by atoms with E-state index in [4.69, 9.17) is 4.74 Å². The van der Waals surface area contributed by atoms with Crippen LogP contribution in [0.15, 0.2) is 57.9 Å². The molecule has 1 fully saturated rings. The van der Waals surface area contributed by atoms with Crippen LogP contribution in [0.25, 0.3) is 0 Å². The number of ketones is 1. The van der Waals surface area contributed by atoms with Crippen LogP contribution in [0.5, 0.6) is 0 Å². The molecule has 0 bridgehead atoms. The summed E-state index contributed by atoms with van der Waals surface area (Å²) in [4.78, 5) is 24.3. The third-order valence-electron chi connectivity index (χ3n) is 4.51. The SMILES string of the molecule is O=C(Cc1ccc(Br)cc1)OCC(=O)c1ccc(S(=O)(=O)N2CCCC2)cc1. The molecular weight excluding hydrogens is 446 g/mol. The second kappa shape index (κ2) is 8.98. The summed E-state index contributed by atoms with van der Waals surface area (Å²) in [7, 11) is -3.51. The number of carbonyl (C=O) groups is 2. The number of ether oxygens (including phenoxy) is 1. The first-order valence-corrected chi connectivity index (χ1v) is 11.1. The lowest BCUT2D eigenvalue weighted by molar-refractivity contribution is -0.141. The van der Waals surface area contributed by atoms with Gasteiger partial charge < -0.3 is 4.74 Å². The monoisotopic (exact) mass is 465 g/mol. The third-order valence-corrected chi connectivity index (χ3v) is 6.95. The molecule has 8 heteroatoms. The van der Waals surface area contributed by atoms with Crippen LogP contribution in [0.2, 0.25) is 0 Å². The van der Waals surface area contributed by atoms with Gasteiger partial charge in [-0.15, -0.1) is 0 Å². The number of halogens is 1. The van der Waals surface area contributed by atoms with E-state index in [1.165, 1.54) is 28.6 Å². The minimum absolute atomic E-state index is 0.0770. The van der Waals surface area contributed by atoms with E-state index >= 15 is 0 Å². The number of nitrogens with zero attached hydrogens (tertiary/aromatic N) is 1. The van der Waals surface area contributed by atoms with Crippen LogP contribution in [0.4, 0.5) is 0 Å². The van der Waals surface area contributed by atoms with Crippen molar-refractivity contribution in [2.75, 3.05) is 19.7 Å². The van der Waals surface area contributed by atoms with E-state index in [0.29, 0.717) is 18.7 Å². The quantitative estimate of drug-likeness (QED) is 0.463. The molecule has 0 unspecified atom stereocenters. The molecule has 0 atom stereocenters. The maximum atomic E-state index is 12.5. The van der Waals surface area contributed by atoms with E-state index < -0.39 is 16.0 Å². The molecule has 6 nitrogen and oxygen atoms in total. The highest BCUT2D eigenvalue weighted by molar-refractivity contribution is 9.10. The van der Waals surface area contributed by atoms with Crippen molar-refractivity contribution in [1.29, 1.82) is 0 Å². The van der Waals surface area contributed by atoms with Crippen molar-refractivity contribution >= 4 is 37.7 Å². The topological polar surface area (TPSA) is 80.8 Å². The third kappa shape index (κ3) is 5.06. The van der Waals surface area contributed by atoms with E-state index in [-0.39, 0.29) is 23.7 Å². The molecular formula is C20H20BrNO5S. The minimum Gasteiger partial charge on any atom is -0.457 e. The molecule has 0 saturated carbocycles. The Labute approximate surface area is 172 Å². The van der Waals surface area contributed by atoms with Crippen molar-refractivity contribution in [3.63, 3.8) is 0 Å². The van der Waals surface area contributed by atoms with E-state index in [1.807, 2.05) is 12.1 Å². The first-order chi connectivity index (χ1) is 13.4. The number of benzene rings is 2. The lowest BCUT2D eigenvalue weighted by Gasteiger charge is -2.15. The normalized spacial score (nSPS) is 14.8. The van der Waals surface area contributed by atoms with Crippen LogP contribution in [-0.2, 0) is 26.0 Å². The van der Waals surface area contributed by atoms with Crippen LogP contribution >= 0.6 is 15.9 Å². The molecule has 1 saturated heterocycles. The van der Waals surface area contributed by atoms with Crippen molar-refractivity contribution in [3.05, 3.63) is 64.1 Å². The zero-order valence-corrected chi connectivity index (χ0v) is 17.5. The summed E-state index contributed by atoms with van der Waals surface area (Å²) in [6.45, 7) is 0.669. The highest BCUT2D eigenvalue weighted by atomic mass is 79.9. The highest BCUT2D eigenvalue weighted by Crippen LogP contribution is 2.21. The zero-order chi connectivity index (χ0) is 20.1. The fraction of sp³-hybridized carbons (Fsp3) is 0.300. The van der Waals surface area contributed by atoms with Crippen molar-refractivity contribution < 1.29 is 22.7 Å². The summed E-state index contributed by atoms with van der Waals surface area (Å²) < 4.78 is 32.4. The fourth-order valence-corrected chi connectivity index (χ4v) is 4.72. The Morgan fingerprint density at radius 3 is 2.18 bits per heavy atom. The lowest BCUT2D eigenvalue weighted by Crippen LogP contribution is -2.27. The summed E-state index contributed by atoms with van der Waals surface area (Å²) in [5, 5.41) is 0. The molecule has 0 aliphatic carbocycles. The number of rotatable bonds is 7. The number of sulfonamides is 1. The van der Waals surface area contributed by atoms with Gasteiger partial charge in [0.15, 0.2) is 12.4 Å². The van der Waals surface area contributed by atoms with Gasteiger partial charge in [0.25, 0.3) is 0 Å². The van der Waals surface area contributed by atoms with Gasteiger partial charge in [-0.3, -0.25) is 9.59 Å². The average molecular weight is 466 g/mol. The van der Waals surface area contributed by atoms with Crippen LogP contribution in [0.3, 0.4) is 0 Å². The van der Waals surface area contributed by atoms with E-state index in [9.17, 15) is 18.0 Å². The van der Waals surface area contributed by atoms with Gasteiger partial charge in [-0.1, -0.05) is 28.1 Å². The first-order valence-electron chi connectivity index (χ1n) is 8.90. The van der Waals surface area contributed by atoms with Crippen LogP contribution < -0.4 is 0 Å². The van der Waals surface area contributed by atoms with Gasteiger partial charge in [0.05, 0.1) is 11.3 Å². The van der Waals surface area contributed by atoms with Crippen molar-refractivity contribution in [2.24, 2.45) is 0 Å². The van der Waals surface area contributed by atoms with Crippen LogP contribution in [-0.4, -0.2) is 44.2 Å². The molecule has 2 aromatic carbocycles. The average Bonchev–Trinajstić information content (AvgIpc) is 3.24. The number of carbonyl (C=O) groups excluding carboxylic acids is 2. The van der Waals surface area contributed by atoms with Gasteiger partial charge in [-0.25, -0.2) is 8.42 Å². The smallest absolute Gasteiger partial charge is 0.310 e. The standard InChI is InChI=1S/C20H20BrNO5S/c21-17-7-3-15(4-8-17)13-20(24)27-14-19(23)16-5-9-18(10-6-16)28(25,26)22-11-1-2-12-22/h3-10H,1-2,11-14H2. The van der Waals surface area contributed by atoms with Gasteiger partial charge >= 0.3 is 5.97 Å². The number of hydrogen-bond donors (Lipinski definition) is 0. The van der Waals surface area contributed by atoms with Crippen molar-refractivity contribution in [1.82, 2.24) is 4.31 Å². The summed E-state index contributed by atoms with van der Waals surface area (Å²) >= 11 is 3.32. The largest absolute Gasteiger partial charge is 0.457 e. The van der Waals surface area contributed by atoms with Crippen LogP contribution in [0, 0.1) is 0 Å². The highest BCUT2D eigenvalue weighted by Gasteiger charge is 2.27. The molecule has 0 amide bonds. The van der Waals surface area contributed by atoms with Crippen molar-refractivity contribution in [2.45, 2.75) is 24.2 Å². The molecule has 2 aromatic rings. The number of Topliss-reactive ketones (excluding diaryl/α,β-unsaturated/α-hetero) is 1. The predicted octanol–water partition coefficient (Wildman–Crippen LogP) is 3.20. The Kier molecular flexibility index (Phi) is 6.64. The van der Waals surface area contributed by atoms with E-state index in [0.717, 1.165) is 22.9 Å². The maximum Gasteiger partial charge on any atom is 0.310 e. The summed E-state index contributed by atoms with van der Waals surface area (Å²) in [5.74, 6) is -0.877. The van der Waals surface area contributed by atoms with E-state index in [1.54, 1.807) is 12.1 Å². The van der Waals surface area contributed by atoms with Gasteiger partial charge in [0.1, 0.15) is 0 Å². The summed E-state index contributed by atoms with van der Waals surface area (Å²) in [6, 6.07) is 13.0. The van der Waals surface area contributed by atoms with E-state index in [2.05, 4.69) is 15.9 Å². The second-order valence-corrected chi connectivity index (χ2v) is 9.38.